The summed E-state index contributed by atoms with van der Waals surface area (Å²) in [6.07, 6.45) is 0.808. The Morgan fingerprint density at radius 1 is 1.07 bits per heavy atom. The van der Waals surface area contributed by atoms with Crippen LogP contribution in [0.4, 0.5) is 0 Å². The third-order valence-corrected chi connectivity index (χ3v) is 5.26. The number of nitrogens with two attached hydrogens (primary N) is 1. The molecule has 2 N–H and O–H groups in total. The molecule has 2 heterocycles. The summed E-state index contributed by atoms with van der Waals surface area (Å²) in [7, 11) is 0. The Bertz CT molecular complexity index is 1030. The van der Waals surface area contributed by atoms with Crippen LogP contribution in [0.3, 0.4) is 0 Å². The zero-order valence-corrected chi connectivity index (χ0v) is 16.3. The highest BCUT2D eigenvalue weighted by atomic mass is 35.5. The van der Waals surface area contributed by atoms with Gasteiger partial charge in [0.25, 0.3) is 5.91 Å². The van der Waals surface area contributed by atoms with Gasteiger partial charge in [-0.25, -0.2) is 0 Å². The standard InChI is InChI=1S/C22H21ClN2O3/c1-14-18(22(24)26)13-19(16-4-7-20-21(12-16)28-11-10-27-20)25(14)9-8-15-2-5-17(23)6-3-15/h2-7,12-13H,8-11H2,1H3,(H2,24,26). The molecule has 1 amide bonds. The van der Waals surface area contributed by atoms with Gasteiger partial charge in [-0.05, 0) is 55.3 Å². The van der Waals surface area contributed by atoms with E-state index in [1.807, 2.05) is 55.5 Å². The molecule has 28 heavy (non-hydrogen) atoms. The summed E-state index contributed by atoms with van der Waals surface area (Å²) in [5, 5.41) is 0.717. The Labute approximate surface area is 168 Å². The average molecular weight is 397 g/mol. The molecule has 1 aliphatic rings. The molecule has 0 saturated heterocycles. The van der Waals surface area contributed by atoms with E-state index in [1.54, 1.807) is 0 Å². The molecule has 144 valence electrons. The summed E-state index contributed by atoms with van der Waals surface area (Å²) in [5.74, 6) is 1.02. The van der Waals surface area contributed by atoms with Gasteiger partial charge in [-0.15, -0.1) is 0 Å². The van der Waals surface area contributed by atoms with Crippen LogP contribution in [0.2, 0.25) is 5.02 Å². The lowest BCUT2D eigenvalue weighted by molar-refractivity contribution is 0.0999. The molecule has 0 fully saturated rings. The smallest absolute Gasteiger partial charge is 0.250 e. The lowest BCUT2D eigenvalue weighted by Crippen LogP contribution is -2.15. The van der Waals surface area contributed by atoms with Crippen molar-refractivity contribution in [2.75, 3.05) is 13.2 Å². The zero-order valence-electron chi connectivity index (χ0n) is 15.6. The lowest BCUT2D eigenvalue weighted by atomic mass is 10.1. The molecule has 0 unspecified atom stereocenters. The number of hydrogen-bond acceptors (Lipinski definition) is 3. The molecular formula is C22H21ClN2O3. The number of aryl methyl sites for hydroxylation is 1. The lowest BCUT2D eigenvalue weighted by Gasteiger charge is -2.19. The van der Waals surface area contributed by atoms with Gasteiger partial charge in [0, 0.05) is 28.5 Å². The van der Waals surface area contributed by atoms with Crippen LogP contribution in [0.25, 0.3) is 11.3 Å². The molecule has 4 rings (SSSR count). The Hall–Kier alpha value is -2.92. The van der Waals surface area contributed by atoms with E-state index in [0.717, 1.165) is 29.1 Å². The van der Waals surface area contributed by atoms with E-state index in [9.17, 15) is 4.79 Å². The van der Waals surface area contributed by atoms with Crippen molar-refractivity contribution in [3.8, 4) is 22.8 Å². The maximum atomic E-state index is 11.9. The van der Waals surface area contributed by atoms with Crippen LogP contribution in [0.15, 0.2) is 48.5 Å². The van der Waals surface area contributed by atoms with Crippen molar-refractivity contribution in [3.05, 3.63) is 70.4 Å². The largest absolute Gasteiger partial charge is 0.486 e. The average Bonchev–Trinajstić information content (AvgIpc) is 3.04. The van der Waals surface area contributed by atoms with Gasteiger partial charge < -0.3 is 19.8 Å². The van der Waals surface area contributed by atoms with Crippen LogP contribution in [-0.2, 0) is 13.0 Å². The maximum absolute atomic E-state index is 11.9. The van der Waals surface area contributed by atoms with Crippen LogP contribution in [0.1, 0.15) is 21.6 Å². The highest BCUT2D eigenvalue weighted by molar-refractivity contribution is 6.30. The Morgan fingerprint density at radius 3 is 2.50 bits per heavy atom. The number of primary amides is 1. The first-order valence-electron chi connectivity index (χ1n) is 9.17. The van der Waals surface area contributed by atoms with Gasteiger partial charge in [-0.2, -0.15) is 0 Å². The van der Waals surface area contributed by atoms with Crippen molar-refractivity contribution in [2.24, 2.45) is 5.73 Å². The van der Waals surface area contributed by atoms with E-state index in [4.69, 9.17) is 26.8 Å². The zero-order chi connectivity index (χ0) is 19.7. The van der Waals surface area contributed by atoms with Gasteiger partial charge in [0.05, 0.1) is 5.56 Å². The summed E-state index contributed by atoms with van der Waals surface area (Å²) < 4.78 is 13.4. The highest BCUT2D eigenvalue weighted by Gasteiger charge is 2.19. The second-order valence-electron chi connectivity index (χ2n) is 6.78. The molecule has 0 radical (unpaired) electrons. The summed E-state index contributed by atoms with van der Waals surface area (Å²) in [6, 6.07) is 15.5. The number of ether oxygens (including phenoxy) is 2. The number of hydrogen-bond donors (Lipinski definition) is 1. The highest BCUT2D eigenvalue weighted by Crippen LogP contribution is 2.36. The van der Waals surface area contributed by atoms with Crippen LogP contribution >= 0.6 is 11.6 Å². The Kier molecular flexibility index (Phi) is 5.01. The van der Waals surface area contributed by atoms with E-state index >= 15 is 0 Å². The van der Waals surface area contributed by atoms with Crippen molar-refractivity contribution >= 4 is 17.5 Å². The second kappa shape index (κ2) is 7.60. The number of nitrogens with zero attached hydrogens (tertiary/aromatic N) is 1. The summed E-state index contributed by atoms with van der Waals surface area (Å²) in [5.41, 5.74) is 10.0. The molecule has 0 spiro atoms. The summed E-state index contributed by atoms with van der Waals surface area (Å²) >= 11 is 5.98. The fourth-order valence-corrected chi connectivity index (χ4v) is 3.64. The third kappa shape index (κ3) is 3.58. The van der Waals surface area contributed by atoms with E-state index < -0.39 is 5.91 Å². The van der Waals surface area contributed by atoms with E-state index in [0.29, 0.717) is 36.1 Å². The molecule has 0 aliphatic carbocycles. The van der Waals surface area contributed by atoms with Crippen molar-refractivity contribution in [1.29, 1.82) is 0 Å². The molecule has 1 aromatic heterocycles. The first-order chi connectivity index (χ1) is 13.5. The molecule has 0 saturated carbocycles. The maximum Gasteiger partial charge on any atom is 0.250 e. The van der Waals surface area contributed by atoms with Crippen LogP contribution in [-0.4, -0.2) is 23.7 Å². The quantitative estimate of drug-likeness (QED) is 0.701. The topological polar surface area (TPSA) is 66.5 Å². The van der Waals surface area contributed by atoms with Gasteiger partial charge in [0.15, 0.2) is 11.5 Å². The molecule has 0 atom stereocenters. The SMILES string of the molecule is Cc1c(C(N)=O)cc(-c2ccc3c(c2)OCCO3)n1CCc1ccc(Cl)cc1. The molecular weight excluding hydrogens is 376 g/mol. The summed E-state index contributed by atoms with van der Waals surface area (Å²) in [6.45, 7) is 3.71. The number of carbonyl (C=O) groups excluding carboxylic acids is 1. The number of halogens is 1. The monoisotopic (exact) mass is 396 g/mol. The Balaban J connectivity index is 1.70. The van der Waals surface area contributed by atoms with E-state index in [2.05, 4.69) is 4.57 Å². The van der Waals surface area contributed by atoms with Crippen LogP contribution < -0.4 is 15.2 Å². The third-order valence-electron chi connectivity index (χ3n) is 5.01. The predicted molar refractivity (Wildman–Crippen MR) is 109 cm³/mol. The minimum Gasteiger partial charge on any atom is -0.486 e. The van der Waals surface area contributed by atoms with Gasteiger partial charge >= 0.3 is 0 Å². The molecule has 2 aromatic carbocycles. The molecule has 5 nitrogen and oxygen atoms in total. The molecule has 1 aliphatic heterocycles. The fraction of sp³-hybridized carbons (Fsp3) is 0.227. The Morgan fingerprint density at radius 2 is 1.79 bits per heavy atom. The minimum atomic E-state index is -0.429. The number of rotatable bonds is 5. The molecule has 3 aromatic rings. The van der Waals surface area contributed by atoms with E-state index in [-0.39, 0.29) is 0 Å². The first kappa shape index (κ1) is 18.4. The van der Waals surface area contributed by atoms with Crippen molar-refractivity contribution < 1.29 is 14.3 Å². The number of carbonyl (C=O) groups is 1. The number of amides is 1. The van der Waals surface area contributed by atoms with Gasteiger partial charge in [0.1, 0.15) is 13.2 Å². The fourth-order valence-electron chi connectivity index (χ4n) is 3.52. The van der Waals surface area contributed by atoms with Crippen LogP contribution in [0.5, 0.6) is 11.5 Å². The van der Waals surface area contributed by atoms with Crippen LogP contribution in [0, 0.1) is 6.92 Å². The van der Waals surface area contributed by atoms with Crippen molar-refractivity contribution in [3.63, 3.8) is 0 Å². The first-order valence-corrected chi connectivity index (χ1v) is 9.55. The molecule has 0 bridgehead atoms. The van der Waals surface area contributed by atoms with E-state index in [1.165, 1.54) is 5.56 Å². The summed E-state index contributed by atoms with van der Waals surface area (Å²) in [4.78, 5) is 11.9. The van der Waals surface area contributed by atoms with Crippen molar-refractivity contribution in [2.45, 2.75) is 19.9 Å². The second-order valence-corrected chi connectivity index (χ2v) is 7.22. The van der Waals surface area contributed by atoms with Crippen molar-refractivity contribution in [1.82, 2.24) is 4.57 Å². The predicted octanol–water partition coefficient (Wildman–Crippen LogP) is 4.23. The van der Waals surface area contributed by atoms with Gasteiger partial charge in [-0.3, -0.25) is 4.79 Å². The minimum absolute atomic E-state index is 0.429. The van der Waals surface area contributed by atoms with Gasteiger partial charge in [-0.1, -0.05) is 23.7 Å². The molecule has 6 heteroatoms. The van der Waals surface area contributed by atoms with Gasteiger partial charge in [0.2, 0.25) is 0 Å². The normalized spacial score (nSPS) is 12.8. The number of aromatic nitrogens is 1. The number of benzene rings is 2. The number of fused-ring (bicyclic) bond motifs is 1.